The molecular weight excluding hydrogens is 558 g/mol. The molecule has 0 aliphatic rings. The van der Waals surface area contributed by atoms with Crippen LogP contribution in [-0.2, 0) is 13.1 Å². The van der Waals surface area contributed by atoms with Crippen LogP contribution in [0.2, 0.25) is 0 Å². The van der Waals surface area contributed by atoms with Crippen LogP contribution in [0, 0.1) is 27.7 Å². The number of aryl methyl sites for hydroxylation is 2. The van der Waals surface area contributed by atoms with E-state index in [2.05, 4.69) is 47.4 Å². The van der Waals surface area contributed by atoms with Crippen molar-refractivity contribution in [1.82, 2.24) is 24.9 Å². The van der Waals surface area contributed by atoms with Gasteiger partial charge in [0.1, 0.15) is 11.5 Å². The first kappa shape index (κ1) is 23.2. The number of amides is 2. The number of carbonyl (C=O) groups is 2. The molecule has 0 fully saturated rings. The molecule has 4 aromatic rings. The molecule has 2 amide bonds. The van der Waals surface area contributed by atoms with Crippen LogP contribution < -0.4 is 5.32 Å². The van der Waals surface area contributed by atoms with Crippen LogP contribution in [0.25, 0.3) is 0 Å². The third-order valence-electron chi connectivity index (χ3n) is 5.20. The zero-order valence-electron chi connectivity index (χ0n) is 18.4. The zero-order chi connectivity index (χ0) is 23.9. The van der Waals surface area contributed by atoms with Crippen molar-refractivity contribution in [1.29, 1.82) is 0 Å². The predicted molar refractivity (Wildman–Crippen MR) is 126 cm³/mol. The number of hydrogen-bond acceptors (Lipinski definition) is 6. The van der Waals surface area contributed by atoms with Gasteiger partial charge < -0.3 is 8.83 Å². The Kier molecular flexibility index (Phi) is 6.44. The number of aromatic nitrogens is 4. The molecule has 1 N–H and O–H groups in total. The van der Waals surface area contributed by atoms with Crippen molar-refractivity contribution in [3.05, 3.63) is 79.0 Å². The highest BCUT2D eigenvalue weighted by Gasteiger charge is 2.20. The normalized spacial score (nSPS) is 11.2. The number of nitrogens with zero attached hydrogens (tertiary/aromatic N) is 4. The van der Waals surface area contributed by atoms with E-state index < -0.39 is 11.8 Å². The van der Waals surface area contributed by atoms with Gasteiger partial charge in [-0.15, -0.1) is 0 Å². The second kappa shape index (κ2) is 9.14. The Bertz CT molecular complexity index is 1260. The highest BCUT2D eigenvalue weighted by Crippen LogP contribution is 2.22. The molecule has 9 nitrogen and oxygen atoms in total. The van der Waals surface area contributed by atoms with Gasteiger partial charge in [0.15, 0.2) is 11.5 Å². The summed E-state index contributed by atoms with van der Waals surface area (Å²) in [4.78, 5) is 25.0. The van der Waals surface area contributed by atoms with Crippen LogP contribution in [0.5, 0.6) is 0 Å². The van der Waals surface area contributed by atoms with Gasteiger partial charge in [-0.2, -0.15) is 10.2 Å². The van der Waals surface area contributed by atoms with Gasteiger partial charge in [-0.1, -0.05) is 0 Å². The van der Waals surface area contributed by atoms with Crippen molar-refractivity contribution in [2.45, 2.75) is 40.8 Å². The van der Waals surface area contributed by atoms with Gasteiger partial charge in [-0.3, -0.25) is 24.3 Å². The quantitative estimate of drug-likeness (QED) is 0.332. The summed E-state index contributed by atoms with van der Waals surface area (Å²) in [5, 5.41) is 11.1. The van der Waals surface area contributed by atoms with Crippen molar-refractivity contribution in [3.63, 3.8) is 0 Å². The van der Waals surface area contributed by atoms with E-state index in [0.29, 0.717) is 24.6 Å². The Balaban J connectivity index is 1.39. The fourth-order valence-electron chi connectivity index (χ4n) is 3.35. The maximum Gasteiger partial charge on any atom is 0.293 e. The average Bonchev–Trinajstić information content (AvgIpc) is 3.53. The highest BCUT2D eigenvalue weighted by atomic mass is 79.9. The summed E-state index contributed by atoms with van der Waals surface area (Å²) in [6, 6.07) is 6.41. The van der Waals surface area contributed by atoms with E-state index in [1.54, 1.807) is 21.5 Å². The minimum atomic E-state index is -0.652. The third kappa shape index (κ3) is 4.74. The minimum absolute atomic E-state index is 0.0261. The summed E-state index contributed by atoms with van der Waals surface area (Å²) < 4.78 is 16.6. The Hall–Kier alpha value is -2.92. The third-order valence-corrected chi connectivity index (χ3v) is 7.49. The molecule has 0 radical (unpaired) electrons. The molecule has 0 aliphatic carbocycles. The van der Waals surface area contributed by atoms with Gasteiger partial charge in [-0.05, 0) is 83.8 Å². The summed E-state index contributed by atoms with van der Waals surface area (Å²) in [7, 11) is 0. The molecule has 0 spiro atoms. The molecule has 4 rings (SSSR count). The fourth-order valence-corrected chi connectivity index (χ4v) is 3.92. The standard InChI is InChI=1S/C22H21Br2N5O4/c1-11-19(23)13(3)28(26-11)9-15-5-7-17(32-15)21(30)25-22(31)18-8-6-16(33-18)10-29-14(4)20(24)12(2)27-29/h5-8H,9-10H2,1-4H3,(H,25,30,31). The fraction of sp³-hybridized carbons (Fsp3) is 0.273. The van der Waals surface area contributed by atoms with Gasteiger partial charge in [-0.25, -0.2) is 0 Å². The summed E-state index contributed by atoms with van der Waals surface area (Å²) >= 11 is 6.97. The number of hydrogen-bond donors (Lipinski definition) is 1. The van der Waals surface area contributed by atoms with E-state index in [1.165, 1.54) is 12.1 Å². The van der Waals surface area contributed by atoms with Crippen LogP contribution in [0.15, 0.2) is 42.0 Å². The summed E-state index contributed by atoms with van der Waals surface area (Å²) in [6.45, 7) is 8.40. The maximum absolute atomic E-state index is 12.5. The van der Waals surface area contributed by atoms with Gasteiger partial charge >= 0.3 is 0 Å². The lowest BCUT2D eigenvalue weighted by Crippen LogP contribution is -2.29. The monoisotopic (exact) mass is 577 g/mol. The molecular formula is C22H21Br2N5O4. The van der Waals surface area contributed by atoms with E-state index in [0.717, 1.165) is 31.7 Å². The summed E-state index contributed by atoms with van der Waals surface area (Å²) in [5.74, 6) is -0.164. The molecule has 0 saturated heterocycles. The number of imide groups is 1. The lowest BCUT2D eigenvalue weighted by molar-refractivity contribution is 0.0814. The van der Waals surface area contributed by atoms with Crippen molar-refractivity contribution >= 4 is 43.7 Å². The number of furan rings is 2. The van der Waals surface area contributed by atoms with Gasteiger partial charge in [0.2, 0.25) is 0 Å². The summed E-state index contributed by atoms with van der Waals surface area (Å²) in [5.41, 5.74) is 3.63. The lowest BCUT2D eigenvalue weighted by atomic mass is 10.3. The minimum Gasteiger partial charge on any atom is -0.454 e. The van der Waals surface area contributed by atoms with Crippen LogP contribution in [0.4, 0.5) is 0 Å². The lowest BCUT2D eigenvalue weighted by Gasteiger charge is -2.03. The summed E-state index contributed by atoms with van der Waals surface area (Å²) in [6.07, 6.45) is 0. The average molecular weight is 579 g/mol. The van der Waals surface area contributed by atoms with Crippen molar-refractivity contribution in [2.24, 2.45) is 0 Å². The van der Waals surface area contributed by atoms with Crippen molar-refractivity contribution in [3.8, 4) is 0 Å². The molecule has 172 valence electrons. The van der Waals surface area contributed by atoms with Gasteiger partial charge in [0, 0.05) is 0 Å². The van der Waals surface area contributed by atoms with E-state index in [9.17, 15) is 9.59 Å². The Morgan fingerprint density at radius 2 is 1.18 bits per heavy atom. The molecule has 4 heterocycles. The van der Waals surface area contributed by atoms with Crippen LogP contribution in [0.3, 0.4) is 0 Å². The Morgan fingerprint density at radius 1 is 0.788 bits per heavy atom. The van der Waals surface area contributed by atoms with Gasteiger partial charge in [0.05, 0.1) is 44.8 Å². The largest absolute Gasteiger partial charge is 0.454 e. The number of halogens is 2. The molecule has 0 saturated carbocycles. The van der Waals surface area contributed by atoms with Gasteiger partial charge in [0.25, 0.3) is 11.8 Å². The number of nitrogens with one attached hydrogen (secondary N) is 1. The molecule has 33 heavy (non-hydrogen) atoms. The topological polar surface area (TPSA) is 108 Å². The SMILES string of the molecule is Cc1nn(Cc2ccc(C(=O)NC(=O)c3ccc(Cn4nc(C)c(Br)c4C)o3)o2)c(C)c1Br. The van der Waals surface area contributed by atoms with E-state index in [4.69, 9.17) is 8.83 Å². The second-order valence-corrected chi connectivity index (χ2v) is 9.19. The van der Waals surface area contributed by atoms with E-state index in [1.807, 2.05) is 27.7 Å². The van der Waals surface area contributed by atoms with Crippen LogP contribution in [-0.4, -0.2) is 31.4 Å². The van der Waals surface area contributed by atoms with Crippen molar-refractivity contribution in [2.75, 3.05) is 0 Å². The van der Waals surface area contributed by atoms with E-state index in [-0.39, 0.29) is 11.5 Å². The molecule has 11 heteroatoms. The first-order valence-electron chi connectivity index (χ1n) is 10.1. The van der Waals surface area contributed by atoms with Crippen molar-refractivity contribution < 1.29 is 18.4 Å². The zero-order valence-corrected chi connectivity index (χ0v) is 21.6. The Morgan fingerprint density at radius 3 is 1.52 bits per heavy atom. The maximum atomic E-state index is 12.5. The first-order valence-corrected chi connectivity index (χ1v) is 11.6. The molecule has 0 bridgehead atoms. The number of rotatable bonds is 6. The number of carbonyl (C=O) groups excluding carboxylic acids is 2. The highest BCUT2D eigenvalue weighted by molar-refractivity contribution is 9.10. The van der Waals surface area contributed by atoms with Crippen LogP contribution in [0.1, 0.15) is 55.4 Å². The molecule has 0 atom stereocenters. The predicted octanol–water partition coefficient (Wildman–Crippen LogP) is 4.69. The van der Waals surface area contributed by atoms with Crippen LogP contribution >= 0.6 is 31.9 Å². The Labute approximate surface area is 206 Å². The molecule has 0 aromatic carbocycles. The molecule has 4 aromatic heterocycles. The second-order valence-electron chi connectivity index (χ2n) is 7.60. The van der Waals surface area contributed by atoms with E-state index >= 15 is 0 Å². The molecule has 0 aliphatic heterocycles. The smallest absolute Gasteiger partial charge is 0.293 e. The molecule has 0 unspecified atom stereocenters. The first-order chi connectivity index (χ1) is 15.6.